The summed E-state index contributed by atoms with van der Waals surface area (Å²) in [4.78, 5) is 67.1. The molecular formula is C57H71F3N8O7S. The number of benzene rings is 3. The van der Waals surface area contributed by atoms with Gasteiger partial charge in [0.15, 0.2) is 0 Å². The summed E-state index contributed by atoms with van der Waals surface area (Å²) in [7, 11) is 0. The summed E-state index contributed by atoms with van der Waals surface area (Å²) < 4.78 is 52.6. The number of nitriles is 1. The molecule has 0 radical (unpaired) electrons. The fourth-order valence-electron chi connectivity index (χ4n) is 11.7. The molecule has 4 N–H and O–H groups in total. The van der Waals surface area contributed by atoms with E-state index in [-0.39, 0.29) is 61.0 Å². The minimum Gasteiger partial charge on any atom is -0.489 e. The normalized spacial score (nSPS) is 22.6. The van der Waals surface area contributed by atoms with Crippen LogP contribution in [0.25, 0.3) is 10.4 Å². The number of aryl methyl sites for hydroxylation is 2. The van der Waals surface area contributed by atoms with Crippen molar-refractivity contribution in [3.63, 3.8) is 0 Å². The Labute approximate surface area is 447 Å². The third kappa shape index (κ3) is 12.4. The molecule has 4 amide bonds. The number of rotatable bonds is 17. The number of nitrogens with zero attached hydrogens (tertiary/aromatic N) is 5. The number of amides is 4. The SMILES string of the molecule is Cc1ncsc1-c1ccc([C@H](NC(=O)[C@@H]2C[C@@H](O)CN2C(=O)[C@@H](NC(=O)CN2CCN(CCCc3ccc(C(=O)N[C@H]4C(C)(C)[C@H](Oc5ccc(C#N)c(C(F)(F)F)c5)C4(C)C)cc3)CC2)C(C)(C)C)C2COC2)cc1. The number of ether oxygens (including phenoxy) is 2. The van der Waals surface area contributed by atoms with E-state index >= 15 is 0 Å². The number of thiazole rings is 1. The summed E-state index contributed by atoms with van der Waals surface area (Å²) in [6.07, 6.45) is -4.36. The zero-order valence-electron chi connectivity index (χ0n) is 44.6. The third-order valence-electron chi connectivity index (χ3n) is 15.8. The van der Waals surface area contributed by atoms with Gasteiger partial charge in [0.2, 0.25) is 17.7 Å². The highest BCUT2D eigenvalue weighted by atomic mass is 32.1. The number of nitrogens with one attached hydrogen (secondary N) is 3. The second-order valence-electron chi connectivity index (χ2n) is 23.2. The molecule has 1 saturated carbocycles. The summed E-state index contributed by atoms with van der Waals surface area (Å²) in [5, 5.41) is 29.4. The number of aromatic nitrogens is 1. The van der Waals surface area contributed by atoms with E-state index in [2.05, 4.69) is 30.7 Å². The first kappa shape index (κ1) is 56.3. The van der Waals surface area contributed by atoms with Gasteiger partial charge < -0.3 is 40.3 Å². The number of β-amino-alcohol motifs (C(OH)–C–C–N with tert-alkyl or cyclic N) is 1. The largest absolute Gasteiger partial charge is 0.489 e. The van der Waals surface area contributed by atoms with Gasteiger partial charge in [0, 0.05) is 67.5 Å². The molecule has 8 rings (SSSR count). The average molecular weight is 1070 g/mol. The number of aliphatic hydroxyl groups excluding tert-OH is 1. The highest BCUT2D eigenvalue weighted by Crippen LogP contribution is 2.56. The van der Waals surface area contributed by atoms with Gasteiger partial charge in [-0.25, -0.2) is 4.98 Å². The van der Waals surface area contributed by atoms with Crippen LogP contribution in [0.4, 0.5) is 13.2 Å². The predicted molar refractivity (Wildman–Crippen MR) is 282 cm³/mol. The van der Waals surface area contributed by atoms with Crippen LogP contribution in [0.5, 0.6) is 5.75 Å². The molecule has 1 aromatic heterocycles. The molecule has 1 aliphatic carbocycles. The van der Waals surface area contributed by atoms with Crippen LogP contribution in [0.3, 0.4) is 0 Å². The molecule has 0 bridgehead atoms. The summed E-state index contributed by atoms with van der Waals surface area (Å²) >= 11 is 1.57. The van der Waals surface area contributed by atoms with Crippen LogP contribution in [0.15, 0.2) is 72.2 Å². The van der Waals surface area contributed by atoms with E-state index in [1.54, 1.807) is 29.5 Å². The number of hydrogen-bond acceptors (Lipinski definition) is 12. The van der Waals surface area contributed by atoms with E-state index in [0.29, 0.717) is 31.9 Å². The maximum atomic E-state index is 14.4. The lowest BCUT2D eigenvalue weighted by atomic mass is 9.49. The minimum atomic E-state index is -4.71. The van der Waals surface area contributed by atoms with Crippen molar-refractivity contribution >= 4 is 35.0 Å². The molecule has 4 atom stereocenters. The van der Waals surface area contributed by atoms with Gasteiger partial charge in [0.05, 0.1) is 65.2 Å². The highest BCUT2D eigenvalue weighted by molar-refractivity contribution is 7.13. The first-order valence-electron chi connectivity index (χ1n) is 26.1. The molecule has 0 unspecified atom stereocenters. The number of carbonyl (C=O) groups is 4. The summed E-state index contributed by atoms with van der Waals surface area (Å²) in [5.41, 5.74) is 2.84. The molecule has 15 nitrogen and oxygen atoms in total. The van der Waals surface area contributed by atoms with Crippen LogP contribution in [-0.4, -0.2) is 138 Å². The molecule has 19 heteroatoms. The zero-order chi connectivity index (χ0) is 54.9. The lowest BCUT2D eigenvalue weighted by Crippen LogP contribution is -2.74. The third-order valence-corrected chi connectivity index (χ3v) is 16.7. The van der Waals surface area contributed by atoms with Crippen molar-refractivity contribution in [3.8, 4) is 22.3 Å². The smallest absolute Gasteiger partial charge is 0.417 e. The first-order chi connectivity index (χ1) is 35.8. The van der Waals surface area contributed by atoms with Crippen LogP contribution in [0.1, 0.15) is 106 Å². The van der Waals surface area contributed by atoms with Crippen LogP contribution in [-0.2, 0) is 31.7 Å². The molecule has 4 aromatic rings. The number of carbonyl (C=O) groups excluding carboxylic acids is 4. The molecule has 4 fully saturated rings. The van der Waals surface area contributed by atoms with Crippen molar-refractivity contribution < 1.29 is 46.9 Å². The topological polar surface area (TPSA) is 189 Å². The monoisotopic (exact) mass is 1070 g/mol. The Hall–Kier alpha value is -5.91. The number of likely N-dealkylation sites (tertiary alicyclic amines) is 1. The lowest BCUT2D eigenvalue weighted by Gasteiger charge is -2.63. The van der Waals surface area contributed by atoms with Crippen molar-refractivity contribution in [2.75, 3.05) is 59.0 Å². The van der Waals surface area contributed by atoms with E-state index in [1.807, 2.05) is 97.3 Å². The Morgan fingerprint density at radius 3 is 2.17 bits per heavy atom. The van der Waals surface area contributed by atoms with Crippen molar-refractivity contribution in [2.24, 2.45) is 22.2 Å². The van der Waals surface area contributed by atoms with E-state index < -0.39 is 63.7 Å². The highest BCUT2D eigenvalue weighted by Gasteiger charge is 2.64. The van der Waals surface area contributed by atoms with E-state index in [9.17, 15) is 42.7 Å². The Bertz CT molecular complexity index is 2760. The Balaban J connectivity index is 0.777. The predicted octanol–water partition coefficient (Wildman–Crippen LogP) is 7.17. The molecule has 0 spiro atoms. The minimum absolute atomic E-state index is 0.00724. The molecule has 3 aliphatic heterocycles. The molecule has 3 aromatic carbocycles. The van der Waals surface area contributed by atoms with Crippen LogP contribution < -0.4 is 20.7 Å². The van der Waals surface area contributed by atoms with Gasteiger partial charge in [0.25, 0.3) is 5.91 Å². The van der Waals surface area contributed by atoms with Crippen molar-refractivity contribution in [1.29, 1.82) is 5.26 Å². The van der Waals surface area contributed by atoms with Gasteiger partial charge >= 0.3 is 6.18 Å². The summed E-state index contributed by atoms with van der Waals surface area (Å²) in [6, 6.07) is 17.9. The second kappa shape index (κ2) is 22.6. The van der Waals surface area contributed by atoms with Crippen molar-refractivity contribution in [3.05, 3.63) is 106 Å². The van der Waals surface area contributed by atoms with Crippen LogP contribution in [0, 0.1) is 40.4 Å². The summed E-state index contributed by atoms with van der Waals surface area (Å²) in [5.74, 6) is -1.26. The average Bonchev–Trinajstić information content (AvgIpc) is 3.98. The fraction of sp³-hybridized carbons (Fsp3) is 0.544. The standard InChI is InChI=1S/C57H71F3N8O7S/c1-34-47(76-33-62-34)37-17-15-36(16-18-37)46(40-31-74-32-40)64-50(72)44-26-41(69)29-68(44)51(73)48(54(2,3)4)63-45(70)30-67-24-22-66(23-25-67)21-9-10-35-11-13-38(14-12-35)49(71)65-52-55(5,6)53(56(52,7)8)75-42-20-19-39(28-61)43(27-42)57(58,59)60/h11-20,27,33,40-41,44,46,48,52-53,69H,9-10,21-26,29-32H2,1-8H3,(H,63,70)(H,64,72)(H,65,71)/t41-,44+,46+,48-,52-,53-/m1/s1. The van der Waals surface area contributed by atoms with Crippen molar-refractivity contribution in [2.45, 2.75) is 117 Å². The van der Waals surface area contributed by atoms with Gasteiger partial charge in [-0.05, 0) is 78.7 Å². The summed E-state index contributed by atoms with van der Waals surface area (Å²) in [6.45, 7) is 20.0. The molecular weight excluding hydrogens is 998 g/mol. The van der Waals surface area contributed by atoms with Gasteiger partial charge in [-0.1, -0.05) is 84.9 Å². The lowest BCUT2D eigenvalue weighted by molar-refractivity contribution is -0.164. The Morgan fingerprint density at radius 2 is 1.59 bits per heavy atom. The van der Waals surface area contributed by atoms with Gasteiger partial charge in [-0.15, -0.1) is 11.3 Å². The van der Waals surface area contributed by atoms with E-state index in [4.69, 9.17) is 9.47 Å². The number of alkyl halides is 3. The van der Waals surface area contributed by atoms with Crippen LogP contribution in [0.2, 0.25) is 0 Å². The zero-order valence-corrected chi connectivity index (χ0v) is 45.4. The second-order valence-corrected chi connectivity index (χ2v) is 24.1. The number of halogens is 3. The number of piperazine rings is 1. The molecule has 4 heterocycles. The maximum Gasteiger partial charge on any atom is 0.417 e. The molecule has 3 saturated heterocycles. The van der Waals surface area contributed by atoms with E-state index in [0.717, 1.165) is 71.9 Å². The fourth-order valence-corrected chi connectivity index (χ4v) is 12.5. The quantitative estimate of drug-likeness (QED) is 0.0840. The number of aliphatic hydroxyl groups is 1. The number of hydrogen-bond donors (Lipinski definition) is 4. The van der Waals surface area contributed by atoms with Gasteiger partial charge in [-0.3, -0.25) is 24.1 Å². The molecule has 408 valence electrons. The maximum absolute atomic E-state index is 14.4. The Kier molecular flexibility index (Phi) is 16.7. The van der Waals surface area contributed by atoms with Crippen LogP contribution >= 0.6 is 11.3 Å². The van der Waals surface area contributed by atoms with Crippen molar-refractivity contribution in [1.82, 2.24) is 35.6 Å². The van der Waals surface area contributed by atoms with Gasteiger partial charge in [0.1, 0.15) is 23.9 Å². The first-order valence-corrected chi connectivity index (χ1v) is 27.0. The van der Waals surface area contributed by atoms with E-state index in [1.165, 1.54) is 11.0 Å². The Morgan fingerprint density at radius 1 is 0.934 bits per heavy atom. The van der Waals surface area contributed by atoms with Gasteiger partial charge in [-0.2, -0.15) is 18.4 Å². The molecule has 76 heavy (non-hydrogen) atoms. The molecule has 4 aliphatic rings.